The van der Waals surface area contributed by atoms with Gasteiger partial charge in [-0.25, -0.2) is 17.6 Å². The molecular weight excluding hydrogens is 422 g/mol. The van der Waals surface area contributed by atoms with Gasteiger partial charge in [0.15, 0.2) is 6.17 Å². The van der Waals surface area contributed by atoms with E-state index in [-0.39, 0.29) is 29.5 Å². The largest absolute Gasteiger partial charge is 0.385 e. The Bertz CT molecular complexity index is 1210. The minimum absolute atomic E-state index is 0.0297. The number of aliphatic hydroxyl groups is 1. The smallest absolute Gasteiger partial charge is 0.156 e. The standard InChI is InChI=1S/C24H21F4N3O/c1-11(25)23(28)19-7-15(26)5-14(9-29)17(19)6-13-3-4-16(20-10-30-31-12(20)2)22-18(13)8-21(27)24(22)32/h3-5,7,10-11,21,23-24,32H,6,8H2,1-2H3,(H,30,31). The number of alkyl halides is 3. The average molecular weight is 443 g/mol. The first-order chi connectivity index (χ1) is 15.2. The molecule has 166 valence electrons. The van der Waals surface area contributed by atoms with E-state index >= 15 is 0 Å². The number of nitriles is 1. The second-order valence-corrected chi connectivity index (χ2v) is 8.13. The Morgan fingerprint density at radius 3 is 2.66 bits per heavy atom. The molecule has 2 N–H and O–H groups in total. The van der Waals surface area contributed by atoms with Crippen molar-refractivity contribution < 1.29 is 22.7 Å². The van der Waals surface area contributed by atoms with Crippen molar-refractivity contribution in [1.82, 2.24) is 10.2 Å². The molecule has 0 radical (unpaired) electrons. The number of aryl methyl sites for hydroxylation is 1. The van der Waals surface area contributed by atoms with Gasteiger partial charge in [0.05, 0.1) is 17.8 Å². The van der Waals surface area contributed by atoms with E-state index in [0.29, 0.717) is 22.3 Å². The molecule has 2 aromatic carbocycles. The Hall–Kier alpha value is -3.18. The Morgan fingerprint density at radius 2 is 2.03 bits per heavy atom. The minimum Gasteiger partial charge on any atom is -0.385 e. The van der Waals surface area contributed by atoms with Crippen LogP contribution in [0.25, 0.3) is 11.1 Å². The van der Waals surface area contributed by atoms with Crippen molar-refractivity contribution in [2.75, 3.05) is 0 Å². The summed E-state index contributed by atoms with van der Waals surface area (Å²) < 4.78 is 57.0. The molecule has 4 nitrogen and oxygen atoms in total. The fourth-order valence-electron chi connectivity index (χ4n) is 4.44. The molecule has 1 aliphatic rings. The first kappa shape index (κ1) is 22.0. The van der Waals surface area contributed by atoms with Crippen LogP contribution in [0.1, 0.15) is 58.3 Å². The lowest BCUT2D eigenvalue weighted by Crippen LogP contribution is -2.11. The van der Waals surface area contributed by atoms with Crippen LogP contribution in [0.4, 0.5) is 17.6 Å². The van der Waals surface area contributed by atoms with E-state index in [9.17, 15) is 27.9 Å². The summed E-state index contributed by atoms with van der Waals surface area (Å²) >= 11 is 0. The fraction of sp³-hybridized carbons (Fsp3) is 0.333. The summed E-state index contributed by atoms with van der Waals surface area (Å²) in [6.45, 7) is 2.83. The average Bonchev–Trinajstić information content (AvgIpc) is 3.32. The first-order valence-electron chi connectivity index (χ1n) is 10.2. The second-order valence-electron chi connectivity index (χ2n) is 8.13. The maximum atomic E-state index is 14.6. The third-order valence-electron chi connectivity index (χ3n) is 6.05. The number of H-pyrrole nitrogens is 1. The lowest BCUT2D eigenvalue weighted by Gasteiger charge is -2.19. The number of hydrogen-bond acceptors (Lipinski definition) is 3. The Balaban J connectivity index is 1.88. The molecule has 0 fully saturated rings. The van der Waals surface area contributed by atoms with Gasteiger partial charge in [0.2, 0.25) is 0 Å². The number of hydrogen-bond donors (Lipinski definition) is 2. The molecule has 1 heterocycles. The molecule has 4 unspecified atom stereocenters. The van der Waals surface area contributed by atoms with Crippen LogP contribution in [0.5, 0.6) is 0 Å². The quantitative estimate of drug-likeness (QED) is 0.527. The van der Waals surface area contributed by atoms with Crippen LogP contribution < -0.4 is 0 Å². The van der Waals surface area contributed by atoms with E-state index in [1.165, 1.54) is 0 Å². The van der Waals surface area contributed by atoms with Crippen LogP contribution in [0.3, 0.4) is 0 Å². The molecule has 4 atom stereocenters. The molecule has 8 heteroatoms. The van der Waals surface area contributed by atoms with Gasteiger partial charge in [0, 0.05) is 17.7 Å². The van der Waals surface area contributed by atoms with Gasteiger partial charge < -0.3 is 5.11 Å². The van der Waals surface area contributed by atoms with Gasteiger partial charge in [0.25, 0.3) is 0 Å². The highest BCUT2D eigenvalue weighted by molar-refractivity contribution is 5.73. The predicted octanol–water partition coefficient (Wildman–Crippen LogP) is 5.28. The number of benzene rings is 2. The van der Waals surface area contributed by atoms with Crippen molar-refractivity contribution in [3.8, 4) is 17.2 Å². The second kappa shape index (κ2) is 8.40. The van der Waals surface area contributed by atoms with Crippen molar-refractivity contribution in [2.24, 2.45) is 0 Å². The van der Waals surface area contributed by atoms with Gasteiger partial charge in [-0.2, -0.15) is 10.4 Å². The summed E-state index contributed by atoms with van der Waals surface area (Å²) in [4.78, 5) is 0. The zero-order valence-electron chi connectivity index (χ0n) is 17.5. The van der Waals surface area contributed by atoms with E-state index in [4.69, 9.17) is 0 Å². The minimum atomic E-state index is -2.12. The molecule has 0 saturated carbocycles. The van der Waals surface area contributed by atoms with E-state index < -0.39 is 30.4 Å². The van der Waals surface area contributed by atoms with Crippen LogP contribution >= 0.6 is 0 Å². The number of aromatic amines is 1. The zero-order valence-corrected chi connectivity index (χ0v) is 17.5. The van der Waals surface area contributed by atoms with Crippen molar-refractivity contribution in [1.29, 1.82) is 5.26 Å². The molecule has 4 rings (SSSR count). The van der Waals surface area contributed by atoms with Crippen LogP contribution in [0, 0.1) is 24.1 Å². The number of nitrogens with zero attached hydrogens (tertiary/aromatic N) is 2. The van der Waals surface area contributed by atoms with Crippen LogP contribution in [0.15, 0.2) is 30.5 Å². The van der Waals surface area contributed by atoms with Gasteiger partial charge in [-0.1, -0.05) is 12.1 Å². The molecule has 0 amide bonds. The number of fused-ring (bicyclic) bond motifs is 1. The highest BCUT2D eigenvalue weighted by Gasteiger charge is 2.36. The zero-order chi connectivity index (χ0) is 23.2. The summed E-state index contributed by atoms with van der Waals surface area (Å²) in [5.41, 5.74) is 3.42. The van der Waals surface area contributed by atoms with Crippen LogP contribution in [-0.2, 0) is 12.8 Å². The van der Waals surface area contributed by atoms with Crippen molar-refractivity contribution in [3.63, 3.8) is 0 Å². The van der Waals surface area contributed by atoms with Gasteiger partial charge in [-0.3, -0.25) is 5.10 Å². The molecular formula is C24H21F4N3O. The van der Waals surface area contributed by atoms with Gasteiger partial charge in [0.1, 0.15) is 24.3 Å². The van der Waals surface area contributed by atoms with Crippen LogP contribution in [-0.4, -0.2) is 27.6 Å². The molecule has 0 saturated heterocycles. The monoisotopic (exact) mass is 443 g/mol. The Morgan fingerprint density at radius 1 is 1.28 bits per heavy atom. The fourth-order valence-corrected chi connectivity index (χ4v) is 4.44. The normalized spacial score (nSPS) is 19.4. The Labute approximate surface area is 182 Å². The van der Waals surface area contributed by atoms with Crippen LogP contribution in [0.2, 0.25) is 0 Å². The van der Waals surface area contributed by atoms with Crippen molar-refractivity contribution >= 4 is 0 Å². The number of aromatic nitrogens is 2. The topological polar surface area (TPSA) is 72.7 Å². The number of rotatable bonds is 5. The summed E-state index contributed by atoms with van der Waals surface area (Å²) in [5.74, 6) is -0.834. The molecule has 0 aliphatic heterocycles. The molecule has 0 bridgehead atoms. The van der Waals surface area contributed by atoms with E-state index in [1.807, 2.05) is 6.07 Å². The van der Waals surface area contributed by atoms with Gasteiger partial charge in [-0.05, 0) is 65.8 Å². The molecule has 3 aromatic rings. The summed E-state index contributed by atoms with van der Waals surface area (Å²) in [6, 6.07) is 7.15. The summed E-state index contributed by atoms with van der Waals surface area (Å²) in [6.07, 6.45) is -5.40. The van der Waals surface area contributed by atoms with Crippen molar-refractivity contribution in [2.45, 2.75) is 51.3 Å². The molecule has 32 heavy (non-hydrogen) atoms. The first-order valence-corrected chi connectivity index (χ1v) is 10.2. The van der Waals surface area contributed by atoms with Gasteiger partial charge in [-0.15, -0.1) is 0 Å². The van der Waals surface area contributed by atoms with E-state index in [2.05, 4.69) is 10.2 Å². The summed E-state index contributed by atoms with van der Waals surface area (Å²) in [7, 11) is 0. The lowest BCUT2D eigenvalue weighted by molar-refractivity contribution is 0.0929. The third kappa shape index (κ3) is 3.67. The number of nitrogens with one attached hydrogen (secondary N) is 1. The molecule has 1 aromatic heterocycles. The van der Waals surface area contributed by atoms with Gasteiger partial charge >= 0.3 is 0 Å². The maximum absolute atomic E-state index is 14.6. The third-order valence-corrected chi connectivity index (χ3v) is 6.05. The highest BCUT2D eigenvalue weighted by Crippen LogP contribution is 2.43. The van der Waals surface area contributed by atoms with Crippen molar-refractivity contribution in [3.05, 3.63) is 75.4 Å². The van der Waals surface area contributed by atoms with E-state index in [1.54, 1.807) is 25.3 Å². The lowest BCUT2D eigenvalue weighted by atomic mass is 9.87. The predicted molar refractivity (Wildman–Crippen MR) is 111 cm³/mol. The highest BCUT2D eigenvalue weighted by atomic mass is 19.2. The molecule has 0 spiro atoms. The Kier molecular flexibility index (Phi) is 5.78. The summed E-state index contributed by atoms with van der Waals surface area (Å²) in [5, 5.41) is 26.8. The maximum Gasteiger partial charge on any atom is 0.156 e. The molecule has 1 aliphatic carbocycles. The van der Waals surface area contributed by atoms with E-state index in [0.717, 1.165) is 30.3 Å². The number of aliphatic hydroxyl groups excluding tert-OH is 1. The number of halogens is 4. The SMILES string of the molecule is Cc1[nH]ncc1-c1ccc(Cc2c(C#N)cc(F)cc2C(F)C(C)F)c2c1C(O)C(F)C2.